The summed E-state index contributed by atoms with van der Waals surface area (Å²) >= 11 is 0. The molecule has 30 heavy (non-hydrogen) atoms. The summed E-state index contributed by atoms with van der Waals surface area (Å²) in [6.07, 6.45) is 2.74. The monoisotopic (exact) mass is 427 g/mol. The molecule has 4 rings (SSSR count). The normalized spacial score (nSPS) is 15.2. The van der Waals surface area contributed by atoms with Gasteiger partial charge in [0.05, 0.1) is 10.4 Å². The summed E-state index contributed by atoms with van der Waals surface area (Å²) in [5.74, 6) is -1.13. The number of aromatic amines is 1. The highest BCUT2D eigenvalue weighted by Gasteiger charge is 2.26. The third-order valence-corrected chi connectivity index (χ3v) is 7.04. The molecule has 1 N–H and O–H groups in total. The largest absolute Gasteiger partial charge is 0.452 e. The number of carbonyl (C=O) groups excluding carboxylic acids is 2. The van der Waals surface area contributed by atoms with Gasteiger partial charge in [-0.2, -0.15) is 9.40 Å². The Morgan fingerprint density at radius 3 is 2.43 bits per heavy atom. The number of Topliss-reactive ketones (excluding diaryl/α,β-unsaturated/α-hetero) is 1. The molecule has 156 valence electrons. The summed E-state index contributed by atoms with van der Waals surface area (Å²) < 4.78 is 31.9. The molecule has 8 nitrogen and oxygen atoms in total. The molecule has 0 aliphatic carbocycles. The van der Waals surface area contributed by atoms with Crippen LogP contribution in [-0.4, -0.2) is 54.4 Å². The number of aromatic nitrogens is 2. The Labute approximate surface area is 173 Å². The van der Waals surface area contributed by atoms with Crippen LogP contribution in [0.15, 0.2) is 53.4 Å². The Morgan fingerprint density at radius 1 is 1.00 bits per heavy atom. The van der Waals surface area contributed by atoms with Gasteiger partial charge in [0.25, 0.3) is 0 Å². The maximum Gasteiger partial charge on any atom is 0.359 e. The van der Waals surface area contributed by atoms with Crippen molar-refractivity contribution < 1.29 is 22.7 Å². The van der Waals surface area contributed by atoms with Crippen LogP contribution >= 0.6 is 0 Å². The number of nitrogens with one attached hydrogen (secondary N) is 1. The Morgan fingerprint density at radius 2 is 1.70 bits per heavy atom. The number of fused-ring (bicyclic) bond motifs is 1. The van der Waals surface area contributed by atoms with Crippen LogP contribution in [0.5, 0.6) is 0 Å². The van der Waals surface area contributed by atoms with E-state index in [1.165, 1.54) is 28.6 Å². The second-order valence-corrected chi connectivity index (χ2v) is 9.04. The van der Waals surface area contributed by atoms with Crippen molar-refractivity contribution in [2.75, 3.05) is 19.7 Å². The molecule has 9 heteroatoms. The molecule has 2 aromatic carbocycles. The fourth-order valence-corrected chi connectivity index (χ4v) is 4.99. The third kappa shape index (κ3) is 3.99. The number of ketones is 1. The first-order valence-electron chi connectivity index (χ1n) is 9.70. The molecular weight excluding hydrogens is 406 g/mol. The van der Waals surface area contributed by atoms with E-state index in [0.29, 0.717) is 24.0 Å². The number of esters is 1. The average Bonchev–Trinajstić information content (AvgIpc) is 3.22. The highest BCUT2D eigenvalue weighted by molar-refractivity contribution is 7.89. The van der Waals surface area contributed by atoms with Crippen LogP contribution in [0.3, 0.4) is 0 Å². The molecule has 0 unspecified atom stereocenters. The number of H-pyrrole nitrogens is 1. The summed E-state index contributed by atoms with van der Waals surface area (Å²) in [6.45, 7) is 0.569. The van der Waals surface area contributed by atoms with Crippen molar-refractivity contribution in [1.29, 1.82) is 0 Å². The smallest absolute Gasteiger partial charge is 0.359 e. The van der Waals surface area contributed by atoms with Gasteiger partial charge in [-0.05, 0) is 43.2 Å². The molecule has 1 aromatic heterocycles. The molecule has 1 fully saturated rings. The first-order chi connectivity index (χ1) is 14.5. The minimum absolute atomic E-state index is 0.112. The summed E-state index contributed by atoms with van der Waals surface area (Å²) in [5, 5.41) is 7.30. The molecule has 0 atom stereocenters. The lowest BCUT2D eigenvalue weighted by Crippen LogP contribution is -2.35. The number of nitrogens with zero attached hydrogens (tertiary/aromatic N) is 2. The van der Waals surface area contributed by atoms with Gasteiger partial charge in [-0.15, -0.1) is 0 Å². The van der Waals surface area contributed by atoms with Gasteiger partial charge in [0, 0.05) is 24.0 Å². The molecule has 3 aromatic rings. The lowest BCUT2D eigenvalue weighted by atomic mass is 10.1. The van der Waals surface area contributed by atoms with Crippen molar-refractivity contribution in [1.82, 2.24) is 14.5 Å². The molecule has 1 aliphatic heterocycles. The van der Waals surface area contributed by atoms with Gasteiger partial charge in [-0.3, -0.25) is 9.89 Å². The Hall–Kier alpha value is -3.04. The molecule has 0 saturated carbocycles. The maximum atomic E-state index is 12.7. The van der Waals surface area contributed by atoms with Gasteiger partial charge in [-0.1, -0.05) is 24.6 Å². The zero-order valence-corrected chi connectivity index (χ0v) is 17.0. The first-order valence-corrected chi connectivity index (χ1v) is 11.1. The summed E-state index contributed by atoms with van der Waals surface area (Å²) in [6, 6.07) is 12.8. The van der Waals surface area contributed by atoms with Crippen LogP contribution in [0.2, 0.25) is 0 Å². The van der Waals surface area contributed by atoms with Crippen molar-refractivity contribution in [2.45, 2.75) is 24.2 Å². The molecule has 0 radical (unpaired) electrons. The number of hydrogen-bond acceptors (Lipinski definition) is 6. The van der Waals surface area contributed by atoms with Crippen LogP contribution in [0, 0.1) is 0 Å². The summed E-state index contributed by atoms with van der Waals surface area (Å²) in [7, 11) is -3.56. The highest BCUT2D eigenvalue weighted by atomic mass is 32.2. The van der Waals surface area contributed by atoms with E-state index in [1.807, 2.05) is 6.07 Å². The van der Waals surface area contributed by atoms with Crippen molar-refractivity contribution >= 4 is 32.7 Å². The van der Waals surface area contributed by atoms with Crippen LogP contribution in [-0.2, 0) is 14.8 Å². The quantitative estimate of drug-likeness (QED) is 0.479. The zero-order chi connectivity index (χ0) is 21.1. The second kappa shape index (κ2) is 8.37. The molecule has 1 aliphatic rings. The number of benzene rings is 2. The lowest BCUT2D eigenvalue weighted by Gasteiger charge is -2.25. The van der Waals surface area contributed by atoms with E-state index >= 15 is 0 Å². The van der Waals surface area contributed by atoms with E-state index < -0.39 is 28.4 Å². The van der Waals surface area contributed by atoms with Gasteiger partial charge in [0.2, 0.25) is 10.0 Å². The third-order valence-electron chi connectivity index (χ3n) is 5.13. The van der Waals surface area contributed by atoms with E-state index in [4.69, 9.17) is 4.74 Å². The van der Waals surface area contributed by atoms with Crippen molar-refractivity contribution in [2.24, 2.45) is 0 Å². The number of carbonyl (C=O) groups is 2. The fraction of sp³-hybridized carbons (Fsp3) is 0.286. The van der Waals surface area contributed by atoms with Crippen LogP contribution in [0.25, 0.3) is 10.9 Å². The van der Waals surface area contributed by atoms with Gasteiger partial charge < -0.3 is 4.74 Å². The standard InChI is InChI=1S/C21H21N3O5S/c25-19(14-29-21(26)20-17-6-2-3-7-18(17)22-23-20)15-8-10-16(11-9-15)30(27,28)24-12-4-1-5-13-24/h2-3,6-11H,1,4-5,12-14H2,(H,22,23). The number of para-hydroxylation sites is 1. The minimum atomic E-state index is -3.56. The van der Waals surface area contributed by atoms with E-state index in [-0.39, 0.29) is 16.2 Å². The highest BCUT2D eigenvalue weighted by Crippen LogP contribution is 2.21. The molecule has 0 amide bonds. The fourth-order valence-electron chi connectivity index (χ4n) is 3.47. The van der Waals surface area contributed by atoms with E-state index in [1.54, 1.807) is 18.2 Å². The topological polar surface area (TPSA) is 109 Å². The molecule has 0 bridgehead atoms. The Balaban J connectivity index is 1.41. The lowest BCUT2D eigenvalue weighted by molar-refractivity contribution is 0.0471. The van der Waals surface area contributed by atoms with E-state index in [2.05, 4.69) is 10.2 Å². The molecule has 0 spiro atoms. The van der Waals surface area contributed by atoms with Crippen LogP contribution in [0.1, 0.15) is 40.1 Å². The Kier molecular flexibility index (Phi) is 5.65. The number of hydrogen-bond donors (Lipinski definition) is 1. The van der Waals surface area contributed by atoms with Crippen LogP contribution < -0.4 is 0 Å². The van der Waals surface area contributed by atoms with Gasteiger partial charge in [-0.25, -0.2) is 13.2 Å². The number of rotatable bonds is 6. The number of ether oxygens (including phenoxy) is 1. The summed E-state index contributed by atoms with van der Waals surface area (Å²) in [4.78, 5) is 24.8. The molecular formula is C21H21N3O5S. The van der Waals surface area contributed by atoms with Crippen LogP contribution in [0.4, 0.5) is 0 Å². The SMILES string of the molecule is O=C(COC(=O)c1n[nH]c2ccccc12)c1ccc(S(=O)(=O)N2CCCCC2)cc1. The van der Waals surface area contributed by atoms with Crippen molar-refractivity contribution in [3.05, 3.63) is 59.8 Å². The molecule has 2 heterocycles. The Bertz CT molecular complexity index is 1180. The van der Waals surface area contributed by atoms with Crippen molar-refractivity contribution in [3.8, 4) is 0 Å². The van der Waals surface area contributed by atoms with Gasteiger partial charge in [0.15, 0.2) is 18.1 Å². The predicted molar refractivity (Wildman–Crippen MR) is 110 cm³/mol. The molecule has 1 saturated heterocycles. The zero-order valence-electron chi connectivity index (χ0n) is 16.2. The van der Waals surface area contributed by atoms with Gasteiger partial charge in [0.1, 0.15) is 0 Å². The van der Waals surface area contributed by atoms with E-state index in [9.17, 15) is 18.0 Å². The van der Waals surface area contributed by atoms with Gasteiger partial charge >= 0.3 is 5.97 Å². The summed E-state index contributed by atoms with van der Waals surface area (Å²) in [5.41, 5.74) is 1.08. The maximum absolute atomic E-state index is 12.7. The minimum Gasteiger partial charge on any atom is -0.452 e. The predicted octanol–water partition coefficient (Wildman–Crippen LogP) is 2.78. The number of sulfonamides is 1. The average molecular weight is 427 g/mol. The number of piperidine rings is 1. The first kappa shape index (κ1) is 20.2. The van der Waals surface area contributed by atoms with E-state index in [0.717, 1.165) is 19.3 Å². The van der Waals surface area contributed by atoms with Crippen molar-refractivity contribution in [3.63, 3.8) is 0 Å². The second-order valence-electron chi connectivity index (χ2n) is 7.11.